The van der Waals surface area contributed by atoms with Crippen molar-refractivity contribution < 1.29 is 17.9 Å². The lowest BCUT2D eigenvalue weighted by Crippen LogP contribution is -2.41. The van der Waals surface area contributed by atoms with E-state index in [2.05, 4.69) is 5.32 Å². The van der Waals surface area contributed by atoms with Crippen LogP contribution in [-0.2, 0) is 14.8 Å². The van der Waals surface area contributed by atoms with Crippen LogP contribution < -0.4 is 14.4 Å². The molecular formula is C24H24Cl2N2O4S. The summed E-state index contributed by atoms with van der Waals surface area (Å²) >= 11 is 12.0. The fraction of sp³-hybridized carbons (Fsp3) is 0.208. The largest absolute Gasteiger partial charge is 0.491 e. The quantitative estimate of drug-likeness (QED) is 0.414. The van der Waals surface area contributed by atoms with Crippen LogP contribution in [0.4, 0.5) is 5.69 Å². The molecule has 0 aliphatic heterocycles. The van der Waals surface area contributed by atoms with E-state index in [4.69, 9.17) is 27.9 Å². The Labute approximate surface area is 204 Å². The van der Waals surface area contributed by atoms with Gasteiger partial charge in [-0.2, -0.15) is 0 Å². The molecule has 1 amide bonds. The number of carbonyl (C=O) groups is 1. The molecular weight excluding hydrogens is 483 g/mol. The van der Waals surface area contributed by atoms with E-state index in [0.29, 0.717) is 10.0 Å². The number of benzene rings is 3. The molecule has 0 saturated heterocycles. The van der Waals surface area contributed by atoms with Gasteiger partial charge < -0.3 is 10.1 Å². The zero-order valence-corrected chi connectivity index (χ0v) is 20.5. The number of nitrogens with zero attached hydrogens (tertiary/aromatic N) is 1. The van der Waals surface area contributed by atoms with Gasteiger partial charge in [-0.15, -0.1) is 0 Å². The van der Waals surface area contributed by atoms with Crippen LogP contribution in [0.3, 0.4) is 0 Å². The van der Waals surface area contributed by atoms with Crippen LogP contribution in [0, 0.1) is 13.8 Å². The van der Waals surface area contributed by atoms with E-state index in [9.17, 15) is 13.2 Å². The highest BCUT2D eigenvalue weighted by molar-refractivity contribution is 7.92. The molecule has 3 rings (SSSR count). The zero-order valence-electron chi connectivity index (χ0n) is 18.2. The standard InChI is InChI=1S/C24H24Cl2N2O4S/c1-17-6-7-18(2)23(14-17)32-13-12-27-24(29)16-28(21-5-3-4-20(26)15-21)33(30,31)22-10-8-19(25)9-11-22/h3-11,14-15H,12-13,16H2,1-2H3,(H,27,29). The van der Waals surface area contributed by atoms with Gasteiger partial charge >= 0.3 is 0 Å². The van der Waals surface area contributed by atoms with Gasteiger partial charge in [0.15, 0.2) is 0 Å². The van der Waals surface area contributed by atoms with Gasteiger partial charge in [0.1, 0.15) is 18.9 Å². The van der Waals surface area contributed by atoms with Crippen molar-refractivity contribution in [2.75, 3.05) is 24.0 Å². The third-order valence-corrected chi connectivity index (χ3v) is 7.09. The van der Waals surface area contributed by atoms with Gasteiger partial charge in [0.2, 0.25) is 5.91 Å². The number of hydrogen-bond donors (Lipinski definition) is 1. The summed E-state index contributed by atoms with van der Waals surface area (Å²) < 4.78 is 33.4. The fourth-order valence-corrected chi connectivity index (χ4v) is 4.80. The van der Waals surface area contributed by atoms with Gasteiger partial charge in [0, 0.05) is 10.0 Å². The lowest BCUT2D eigenvalue weighted by atomic mass is 10.1. The molecule has 0 atom stereocenters. The minimum Gasteiger partial charge on any atom is -0.491 e. The second kappa shape index (κ2) is 10.9. The van der Waals surface area contributed by atoms with Crippen molar-refractivity contribution in [3.63, 3.8) is 0 Å². The Morgan fingerprint density at radius 3 is 2.39 bits per heavy atom. The number of nitrogens with one attached hydrogen (secondary N) is 1. The first kappa shape index (κ1) is 24.9. The Bertz CT molecular complexity index is 1230. The lowest BCUT2D eigenvalue weighted by Gasteiger charge is -2.24. The number of ether oxygens (including phenoxy) is 1. The molecule has 0 bridgehead atoms. The summed E-state index contributed by atoms with van der Waals surface area (Å²) in [6, 6.07) is 18.0. The molecule has 0 unspecified atom stereocenters. The number of aryl methyl sites for hydroxylation is 2. The topological polar surface area (TPSA) is 75.7 Å². The summed E-state index contributed by atoms with van der Waals surface area (Å²) in [4.78, 5) is 12.7. The molecule has 0 spiro atoms. The van der Waals surface area contributed by atoms with Crippen molar-refractivity contribution in [3.8, 4) is 5.75 Å². The summed E-state index contributed by atoms with van der Waals surface area (Å²) in [5, 5.41) is 3.47. The normalized spacial score (nSPS) is 11.2. The van der Waals surface area contributed by atoms with E-state index in [0.717, 1.165) is 21.2 Å². The molecule has 0 radical (unpaired) electrons. The third-order valence-electron chi connectivity index (χ3n) is 4.81. The second-order valence-electron chi connectivity index (χ2n) is 7.41. The molecule has 9 heteroatoms. The Morgan fingerprint density at radius 1 is 0.970 bits per heavy atom. The number of sulfonamides is 1. The minimum atomic E-state index is -4.04. The number of halogens is 2. The van der Waals surface area contributed by atoms with Crippen molar-refractivity contribution in [2.24, 2.45) is 0 Å². The number of hydrogen-bond acceptors (Lipinski definition) is 4. The predicted molar refractivity (Wildman–Crippen MR) is 132 cm³/mol. The third kappa shape index (κ3) is 6.63. The van der Waals surface area contributed by atoms with Gasteiger partial charge in [-0.1, -0.05) is 41.4 Å². The van der Waals surface area contributed by atoms with Crippen molar-refractivity contribution in [1.82, 2.24) is 5.32 Å². The van der Waals surface area contributed by atoms with E-state index < -0.39 is 22.5 Å². The zero-order chi connectivity index (χ0) is 24.0. The van der Waals surface area contributed by atoms with Crippen molar-refractivity contribution >= 4 is 44.8 Å². The number of rotatable bonds is 9. The highest BCUT2D eigenvalue weighted by atomic mass is 35.5. The van der Waals surface area contributed by atoms with E-state index in [1.165, 1.54) is 30.3 Å². The van der Waals surface area contributed by atoms with Crippen LogP contribution in [0.2, 0.25) is 10.0 Å². The Balaban J connectivity index is 1.71. The molecule has 0 fully saturated rings. The van der Waals surface area contributed by atoms with Crippen LogP contribution in [0.15, 0.2) is 71.6 Å². The molecule has 174 valence electrons. The van der Waals surface area contributed by atoms with Crippen molar-refractivity contribution in [2.45, 2.75) is 18.7 Å². The molecule has 0 saturated carbocycles. The van der Waals surface area contributed by atoms with Crippen LogP contribution in [0.25, 0.3) is 0 Å². The first-order chi connectivity index (χ1) is 15.7. The average Bonchev–Trinajstić information content (AvgIpc) is 2.77. The van der Waals surface area contributed by atoms with Gasteiger partial charge in [-0.3, -0.25) is 9.10 Å². The Kier molecular flexibility index (Phi) is 8.24. The van der Waals surface area contributed by atoms with Crippen molar-refractivity contribution in [1.29, 1.82) is 0 Å². The average molecular weight is 507 g/mol. The van der Waals surface area contributed by atoms with E-state index in [1.54, 1.807) is 18.2 Å². The lowest BCUT2D eigenvalue weighted by molar-refractivity contribution is -0.119. The maximum atomic E-state index is 13.3. The molecule has 0 aromatic heterocycles. The summed E-state index contributed by atoms with van der Waals surface area (Å²) in [5.41, 5.74) is 2.34. The van der Waals surface area contributed by atoms with E-state index in [1.807, 2.05) is 32.0 Å². The summed E-state index contributed by atoms with van der Waals surface area (Å²) in [5.74, 6) is 0.271. The van der Waals surface area contributed by atoms with Crippen LogP contribution in [-0.4, -0.2) is 34.0 Å². The van der Waals surface area contributed by atoms with Gasteiger partial charge in [-0.05, 0) is 73.5 Å². The minimum absolute atomic E-state index is 0.0120. The second-order valence-corrected chi connectivity index (χ2v) is 10.1. The van der Waals surface area contributed by atoms with Gasteiger partial charge in [0.05, 0.1) is 17.1 Å². The van der Waals surface area contributed by atoms with Crippen LogP contribution in [0.1, 0.15) is 11.1 Å². The molecule has 3 aromatic rings. The van der Waals surface area contributed by atoms with Gasteiger partial charge in [-0.25, -0.2) is 8.42 Å². The SMILES string of the molecule is Cc1ccc(C)c(OCCNC(=O)CN(c2cccc(Cl)c2)S(=O)(=O)c2ccc(Cl)cc2)c1. The number of amides is 1. The number of carbonyl (C=O) groups excluding carboxylic acids is 1. The van der Waals surface area contributed by atoms with Gasteiger partial charge in [0.25, 0.3) is 10.0 Å². The smallest absolute Gasteiger partial charge is 0.264 e. The molecule has 0 heterocycles. The first-order valence-corrected chi connectivity index (χ1v) is 12.4. The molecule has 33 heavy (non-hydrogen) atoms. The van der Waals surface area contributed by atoms with E-state index in [-0.39, 0.29) is 23.7 Å². The van der Waals surface area contributed by atoms with Crippen molar-refractivity contribution in [3.05, 3.63) is 87.9 Å². The van der Waals surface area contributed by atoms with Crippen LogP contribution >= 0.6 is 23.2 Å². The van der Waals surface area contributed by atoms with Crippen LogP contribution in [0.5, 0.6) is 5.75 Å². The summed E-state index contributed by atoms with van der Waals surface area (Å²) in [6.07, 6.45) is 0. The molecule has 0 aliphatic rings. The fourth-order valence-electron chi connectivity index (χ4n) is 3.08. The maximum Gasteiger partial charge on any atom is 0.264 e. The monoisotopic (exact) mass is 506 g/mol. The Morgan fingerprint density at radius 2 is 1.70 bits per heavy atom. The highest BCUT2D eigenvalue weighted by Crippen LogP contribution is 2.26. The molecule has 3 aromatic carbocycles. The Hall–Kier alpha value is -2.74. The molecule has 1 N–H and O–H groups in total. The number of anilines is 1. The summed E-state index contributed by atoms with van der Waals surface area (Å²) in [6.45, 7) is 3.96. The van der Waals surface area contributed by atoms with E-state index >= 15 is 0 Å². The summed E-state index contributed by atoms with van der Waals surface area (Å²) in [7, 11) is -4.04. The maximum absolute atomic E-state index is 13.3. The predicted octanol–water partition coefficient (Wildman–Crippen LogP) is 5.00. The highest BCUT2D eigenvalue weighted by Gasteiger charge is 2.27. The molecule has 0 aliphatic carbocycles. The first-order valence-electron chi connectivity index (χ1n) is 10.2. The molecule has 6 nitrogen and oxygen atoms in total.